The van der Waals surface area contributed by atoms with Crippen LogP contribution in [0.15, 0.2) is 0 Å². The van der Waals surface area contributed by atoms with Crippen LogP contribution >= 0.6 is 0 Å². The maximum absolute atomic E-state index is 5.54. The highest BCUT2D eigenvalue weighted by Gasteiger charge is 2.50. The molecule has 0 bridgehead atoms. The Morgan fingerprint density at radius 1 is 1.33 bits per heavy atom. The van der Waals surface area contributed by atoms with Crippen LogP contribution < -0.4 is 0 Å². The standard InChI is InChI=1S/C10H17NO/c1-2-9(1)7-11-5-6-12-8-10(11)3-4-10/h9H,1-8H2. The molecule has 68 valence electrons. The zero-order valence-corrected chi connectivity index (χ0v) is 7.59. The lowest BCUT2D eigenvalue weighted by molar-refractivity contribution is -0.0222. The van der Waals surface area contributed by atoms with Crippen LogP contribution in [0.4, 0.5) is 0 Å². The fraction of sp³-hybridized carbons (Fsp3) is 1.00. The molecule has 0 aromatic carbocycles. The van der Waals surface area contributed by atoms with Gasteiger partial charge in [-0.1, -0.05) is 0 Å². The number of hydrogen-bond donors (Lipinski definition) is 0. The van der Waals surface area contributed by atoms with Crippen molar-refractivity contribution in [3.63, 3.8) is 0 Å². The minimum absolute atomic E-state index is 0.529. The predicted molar refractivity (Wildman–Crippen MR) is 47.1 cm³/mol. The monoisotopic (exact) mass is 167 g/mol. The molecule has 1 aliphatic heterocycles. The van der Waals surface area contributed by atoms with Crippen molar-refractivity contribution >= 4 is 0 Å². The number of morpholine rings is 1. The summed E-state index contributed by atoms with van der Waals surface area (Å²) in [5.74, 6) is 1.04. The van der Waals surface area contributed by atoms with E-state index in [1.165, 1.54) is 38.8 Å². The van der Waals surface area contributed by atoms with Gasteiger partial charge in [-0.15, -0.1) is 0 Å². The first-order valence-electron chi connectivity index (χ1n) is 5.22. The largest absolute Gasteiger partial charge is 0.378 e. The van der Waals surface area contributed by atoms with E-state index in [-0.39, 0.29) is 0 Å². The Kier molecular flexibility index (Phi) is 1.50. The zero-order valence-electron chi connectivity index (χ0n) is 7.59. The van der Waals surface area contributed by atoms with E-state index in [4.69, 9.17) is 4.74 Å². The number of hydrogen-bond acceptors (Lipinski definition) is 2. The van der Waals surface area contributed by atoms with Crippen LogP contribution in [0, 0.1) is 5.92 Å². The SMILES string of the molecule is C1CN(CC2CC2)C2(CC2)CO1. The topological polar surface area (TPSA) is 12.5 Å². The lowest BCUT2D eigenvalue weighted by atomic mass is 10.2. The van der Waals surface area contributed by atoms with Crippen LogP contribution in [0.1, 0.15) is 25.7 Å². The van der Waals surface area contributed by atoms with Gasteiger partial charge in [-0.25, -0.2) is 0 Å². The summed E-state index contributed by atoms with van der Waals surface area (Å²) in [7, 11) is 0. The molecule has 0 aromatic rings. The van der Waals surface area contributed by atoms with Crippen molar-refractivity contribution in [2.75, 3.05) is 26.3 Å². The highest BCUT2D eigenvalue weighted by atomic mass is 16.5. The third-order valence-corrected chi connectivity index (χ3v) is 3.55. The van der Waals surface area contributed by atoms with Gasteiger partial charge in [0.05, 0.1) is 13.2 Å². The molecule has 3 rings (SSSR count). The van der Waals surface area contributed by atoms with Gasteiger partial charge in [0.2, 0.25) is 0 Å². The first-order chi connectivity index (χ1) is 5.89. The fourth-order valence-electron chi connectivity index (χ4n) is 2.27. The molecule has 0 amide bonds. The molecule has 1 spiro atoms. The van der Waals surface area contributed by atoms with Gasteiger partial charge in [-0.05, 0) is 31.6 Å². The minimum Gasteiger partial charge on any atom is -0.378 e. The molecule has 0 aromatic heterocycles. The molecule has 2 aliphatic carbocycles. The molecule has 12 heavy (non-hydrogen) atoms. The Bertz CT molecular complexity index is 184. The number of ether oxygens (including phenoxy) is 1. The van der Waals surface area contributed by atoms with Gasteiger partial charge in [0.15, 0.2) is 0 Å². The number of rotatable bonds is 2. The molecule has 0 radical (unpaired) electrons. The van der Waals surface area contributed by atoms with E-state index < -0.39 is 0 Å². The molecular weight excluding hydrogens is 150 g/mol. The van der Waals surface area contributed by atoms with E-state index in [1.54, 1.807) is 0 Å². The zero-order chi connectivity index (χ0) is 8.02. The molecule has 3 fully saturated rings. The second-order valence-electron chi connectivity index (χ2n) is 4.67. The van der Waals surface area contributed by atoms with Gasteiger partial charge >= 0.3 is 0 Å². The highest BCUT2D eigenvalue weighted by Crippen LogP contribution is 2.45. The summed E-state index contributed by atoms with van der Waals surface area (Å²) in [5, 5.41) is 0. The molecule has 2 heteroatoms. The summed E-state index contributed by atoms with van der Waals surface area (Å²) in [6, 6.07) is 0. The predicted octanol–water partition coefficient (Wildman–Crippen LogP) is 1.26. The van der Waals surface area contributed by atoms with E-state index in [0.29, 0.717) is 5.54 Å². The highest BCUT2D eigenvalue weighted by molar-refractivity contribution is 5.06. The van der Waals surface area contributed by atoms with Crippen molar-refractivity contribution in [3.05, 3.63) is 0 Å². The summed E-state index contributed by atoms with van der Waals surface area (Å²) in [4.78, 5) is 2.70. The molecular formula is C10H17NO. The molecule has 0 N–H and O–H groups in total. The van der Waals surface area contributed by atoms with Crippen LogP contribution in [-0.2, 0) is 4.74 Å². The van der Waals surface area contributed by atoms with Crippen molar-refractivity contribution in [2.24, 2.45) is 5.92 Å². The lowest BCUT2D eigenvalue weighted by Gasteiger charge is -2.36. The first-order valence-corrected chi connectivity index (χ1v) is 5.22. The molecule has 0 atom stereocenters. The van der Waals surface area contributed by atoms with Crippen molar-refractivity contribution in [2.45, 2.75) is 31.2 Å². The Balaban J connectivity index is 1.64. The van der Waals surface area contributed by atoms with Gasteiger partial charge < -0.3 is 4.74 Å². The number of nitrogens with zero attached hydrogens (tertiary/aromatic N) is 1. The molecule has 3 aliphatic rings. The Morgan fingerprint density at radius 3 is 2.83 bits per heavy atom. The second-order valence-corrected chi connectivity index (χ2v) is 4.67. The normalized spacial score (nSPS) is 34.0. The minimum atomic E-state index is 0.529. The average molecular weight is 167 g/mol. The van der Waals surface area contributed by atoms with Crippen molar-refractivity contribution in [3.8, 4) is 0 Å². The average Bonchev–Trinajstić information content (AvgIpc) is 2.90. The van der Waals surface area contributed by atoms with Gasteiger partial charge in [0, 0.05) is 18.6 Å². The Hall–Kier alpha value is -0.0800. The van der Waals surface area contributed by atoms with Gasteiger partial charge in [-0.3, -0.25) is 4.90 Å². The van der Waals surface area contributed by atoms with E-state index in [2.05, 4.69) is 4.90 Å². The van der Waals surface area contributed by atoms with E-state index >= 15 is 0 Å². The quantitative estimate of drug-likeness (QED) is 0.614. The van der Waals surface area contributed by atoms with Crippen molar-refractivity contribution in [1.82, 2.24) is 4.90 Å². The van der Waals surface area contributed by atoms with Crippen LogP contribution in [0.5, 0.6) is 0 Å². The molecule has 2 saturated carbocycles. The smallest absolute Gasteiger partial charge is 0.0651 e. The third-order valence-electron chi connectivity index (χ3n) is 3.55. The van der Waals surface area contributed by atoms with Gasteiger partial charge in [-0.2, -0.15) is 0 Å². The molecule has 2 nitrogen and oxygen atoms in total. The summed E-state index contributed by atoms with van der Waals surface area (Å²) in [5.41, 5.74) is 0.529. The molecule has 1 saturated heterocycles. The van der Waals surface area contributed by atoms with Gasteiger partial charge in [0.25, 0.3) is 0 Å². The summed E-state index contributed by atoms with van der Waals surface area (Å²) < 4.78 is 5.54. The van der Waals surface area contributed by atoms with Crippen molar-refractivity contribution < 1.29 is 4.74 Å². The fourth-order valence-corrected chi connectivity index (χ4v) is 2.27. The van der Waals surface area contributed by atoms with Crippen LogP contribution in [0.25, 0.3) is 0 Å². The first kappa shape index (κ1) is 7.34. The van der Waals surface area contributed by atoms with Crippen molar-refractivity contribution in [1.29, 1.82) is 0 Å². The summed E-state index contributed by atoms with van der Waals surface area (Å²) in [6.45, 7) is 4.54. The maximum atomic E-state index is 5.54. The second kappa shape index (κ2) is 2.46. The third kappa shape index (κ3) is 1.17. The lowest BCUT2D eigenvalue weighted by Crippen LogP contribution is -2.48. The van der Waals surface area contributed by atoms with Gasteiger partial charge in [0.1, 0.15) is 0 Å². The molecule has 1 heterocycles. The Labute approximate surface area is 73.9 Å². The van der Waals surface area contributed by atoms with Crippen LogP contribution in [0.2, 0.25) is 0 Å². The van der Waals surface area contributed by atoms with E-state index in [0.717, 1.165) is 19.1 Å². The summed E-state index contributed by atoms with van der Waals surface area (Å²) >= 11 is 0. The van der Waals surface area contributed by atoms with E-state index in [1.807, 2.05) is 0 Å². The Morgan fingerprint density at radius 2 is 2.17 bits per heavy atom. The van der Waals surface area contributed by atoms with E-state index in [9.17, 15) is 0 Å². The van der Waals surface area contributed by atoms with Crippen LogP contribution in [0.3, 0.4) is 0 Å². The van der Waals surface area contributed by atoms with Crippen LogP contribution in [-0.4, -0.2) is 36.7 Å². The maximum Gasteiger partial charge on any atom is 0.0651 e. The summed E-state index contributed by atoms with van der Waals surface area (Å²) in [6.07, 6.45) is 5.74. The molecule has 0 unspecified atom stereocenters.